The molecule has 0 unspecified atom stereocenters. The largest absolute Gasteiger partial charge is 0.497 e. The molecule has 0 saturated heterocycles. The minimum absolute atomic E-state index is 0.0106. The Morgan fingerprint density at radius 1 is 0.935 bits per heavy atom. The molecular formula is C27H38O4. The topological polar surface area (TPSA) is 47.9 Å². The van der Waals surface area contributed by atoms with E-state index in [1.807, 2.05) is 49.4 Å². The van der Waals surface area contributed by atoms with Crippen LogP contribution in [0.25, 0.3) is 0 Å². The first-order chi connectivity index (χ1) is 15.0. The van der Waals surface area contributed by atoms with E-state index in [4.69, 9.17) is 14.2 Å². The second-order valence-electron chi connectivity index (χ2n) is 8.18. The predicted molar refractivity (Wildman–Crippen MR) is 126 cm³/mol. The lowest BCUT2D eigenvalue weighted by molar-refractivity contribution is -0.0527. The molecular weight excluding hydrogens is 388 g/mol. The van der Waals surface area contributed by atoms with Gasteiger partial charge in [0.15, 0.2) is 0 Å². The third-order valence-electron chi connectivity index (χ3n) is 5.80. The molecule has 170 valence electrons. The first kappa shape index (κ1) is 25.1. The van der Waals surface area contributed by atoms with E-state index in [0.29, 0.717) is 13.2 Å². The van der Waals surface area contributed by atoms with Crippen molar-refractivity contribution in [2.24, 2.45) is 11.8 Å². The van der Waals surface area contributed by atoms with Crippen LogP contribution < -0.4 is 4.74 Å². The van der Waals surface area contributed by atoms with Crippen molar-refractivity contribution >= 4 is 0 Å². The Balaban J connectivity index is 1.83. The normalized spacial score (nSPS) is 15.1. The second-order valence-corrected chi connectivity index (χ2v) is 8.18. The van der Waals surface area contributed by atoms with Gasteiger partial charge >= 0.3 is 0 Å². The Labute approximate surface area is 187 Å². The summed E-state index contributed by atoms with van der Waals surface area (Å²) in [6.07, 6.45) is 4.13. The number of methoxy groups -OCH3 is 1. The fourth-order valence-electron chi connectivity index (χ4n) is 3.58. The van der Waals surface area contributed by atoms with E-state index in [1.54, 1.807) is 13.2 Å². The zero-order chi connectivity index (χ0) is 22.5. The summed E-state index contributed by atoms with van der Waals surface area (Å²) in [5.41, 5.74) is 2.29. The van der Waals surface area contributed by atoms with Gasteiger partial charge in [0.25, 0.3) is 0 Å². The molecule has 0 radical (unpaired) electrons. The van der Waals surface area contributed by atoms with Gasteiger partial charge in [0.05, 0.1) is 32.5 Å². The quantitative estimate of drug-likeness (QED) is 0.289. The molecule has 4 heteroatoms. The maximum absolute atomic E-state index is 10.7. The van der Waals surface area contributed by atoms with Crippen molar-refractivity contribution in [3.8, 4) is 5.75 Å². The van der Waals surface area contributed by atoms with Crippen LogP contribution in [0.2, 0.25) is 0 Å². The lowest BCUT2D eigenvalue weighted by Gasteiger charge is -2.30. The van der Waals surface area contributed by atoms with Crippen molar-refractivity contribution in [1.29, 1.82) is 0 Å². The van der Waals surface area contributed by atoms with Crippen molar-refractivity contribution in [3.05, 3.63) is 78.4 Å². The Bertz CT molecular complexity index is 729. The first-order valence-electron chi connectivity index (χ1n) is 11.2. The molecule has 2 rings (SSSR count). The maximum Gasteiger partial charge on any atom is 0.118 e. The Kier molecular flexibility index (Phi) is 11.4. The minimum Gasteiger partial charge on any atom is -0.497 e. The fourth-order valence-corrected chi connectivity index (χ4v) is 3.58. The number of unbranched alkanes of at least 4 members (excludes halogenated alkanes) is 1. The highest BCUT2D eigenvalue weighted by atomic mass is 16.5. The average Bonchev–Trinajstić information content (AvgIpc) is 2.82. The Morgan fingerprint density at radius 3 is 2.26 bits per heavy atom. The van der Waals surface area contributed by atoms with E-state index in [9.17, 15) is 5.11 Å². The molecule has 0 aliphatic carbocycles. The molecule has 1 N–H and O–H groups in total. The van der Waals surface area contributed by atoms with Crippen LogP contribution in [0, 0.1) is 11.8 Å². The standard InChI is InChI=1S/C27H38O4/c1-5-21(2)27(28)22(3)26(31-20-24-14-16-25(29-4)17-15-24)13-9-10-18-30-19-23-11-7-6-8-12-23/h5-8,11-12,14-17,21-22,26-28H,1,9-10,13,18-20H2,2-4H3/t21-,22-,26+,27-/m1/s1. The highest BCUT2D eigenvalue weighted by molar-refractivity contribution is 5.26. The molecule has 0 aliphatic heterocycles. The number of ether oxygens (including phenoxy) is 3. The third-order valence-corrected chi connectivity index (χ3v) is 5.80. The summed E-state index contributed by atoms with van der Waals surface area (Å²) in [6, 6.07) is 18.1. The van der Waals surface area contributed by atoms with Gasteiger partial charge in [-0.3, -0.25) is 0 Å². The summed E-state index contributed by atoms with van der Waals surface area (Å²) in [4.78, 5) is 0. The summed E-state index contributed by atoms with van der Waals surface area (Å²) < 4.78 is 17.3. The smallest absolute Gasteiger partial charge is 0.118 e. The summed E-state index contributed by atoms with van der Waals surface area (Å²) >= 11 is 0. The number of hydrogen-bond acceptors (Lipinski definition) is 4. The molecule has 31 heavy (non-hydrogen) atoms. The monoisotopic (exact) mass is 426 g/mol. The van der Waals surface area contributed by atoms with E-state index >= 15 is 0 Å². The van der Waals surface area contributed by atoms with Crippen molar-refractivity contribution in [2.75, 3.05) is 13.7 Å². The summed E-state index contributed by atoms with van der Waals surface area (Å²) in [5.74, 6) is 0.868. The van der Waals surface area contributed by atoms with Crippen LogP contribution in [0.15, 0.2) is 67.3 Å². The molecule has 4 atom stereocenters. The zero-order valence-corrected chi connectivity index (χ0v) is 19.2. The van der Waals surface area contributed by atoms with E-state index in [1.165, 1.54) is 5.56 Å². The van der Waals surface area contributed by atoms with Crippen molar-refractivity contribution < 1.29 is 19.3 Å². The second kappa shape index (κ2) is 14.0. The van der Waals surface area contributed by atoms with E-state index in [0.717, 1.165) is 37.2 Å². The van der Waals surface area contributed by atoms with E-state index in [-0.39, 0.29) is 17.9 Å². The predicted octanol–water partition coefficient (Wildman–Crippen LogP) is 5.79. The van der Waals surface area contributed by atoms with Crippen LogP contribution in [-0.4, -0.2) is 31.0 Å². The van der Waals surface area contributed by atoms with Gasteiger partial charge in [-0.05, 0) is 42.5 Å². The van der Waals surface area contributed by atoms with Gasteiger partial charge in [0.2, 0.25) is 0 Å². The maximum atomic E-state index is 10.7. The summed E-state index contributed by atoms with van der Waals surface area (Å²) in [5, 5.41) is 10.7. The zero-order valence-electron chi connectivity index (χ0n) is 19.2. The van der Waals surface area contributed by atoms with Crippen LogP contribution in [0.4, 0.5) is 0 Å². The lowest BCUT2D eigenvalue weighted by Crippen LogP contribution is -2.35. The van der Waals surface area contributed by atoms with Crippen molar-refractivity contribution in [1.82, 2.24) is 0 Å². The van der Waals surface area contributed by atoms with Gasteiger partial charge in [-0.15, -0.1) is 6.58 Å². The van der Waals surface area contributed by atoms with Crippen LogP contribution in [0.1, 0.15) is 44.2 Å². The van der Waals surface area contributed by atoms with Gasteiger partial charge in [0, 0.05) is 18.4 Å². The third kappa shape index (κ3) is 8.86. The number of aliphatic hydroxyl groups excluding tert-OH is 1. The van der Waals surface area contributed by atoms with Crippen molar-refractivity contribution in [3.63, 3.8) is 0 Å². The van der Waals surface area contributed by atoms with Gasteiger partial charge in [-0.2, -0.15) is 0 Å². The van der Waals surface area contributed by atoms with Gasteiger partial charge in [-0.1, -0.05) is 62.4 Å². The molecule has 0 saturated carbocycles. The minimum atomic E-state index is -0.479. The molecule has 4 nitrogen and oxygen atoms in total. The molecule has 0 aliphatic rings. The summed E-state index contributed by atoms with van der Waals surface area (Å²) in [7, 11) is 1.66. The van der Waals surface area contributed by atoms with E-state index < -0.39 is 6.10 Å². The average molecular weight is 427 g/mol. The van der Waals surface area contributed by atoms with Crippen LogP contribution in [0.3, 0.4) is 0 Å². The Hall–Kier alpha value is -2.14. The fraction of sp³-hybridized carbons (Fsp3) is 0.481. The van der Waals surface area contributed by atoms with Crippen LogP contribution >= 0.6 is 0 Å². The van der Waals surface area contributed by atoms with Gasteiger partial charge in [0.1, 0.15) is 5.75 Å². The number of hydrogen-bond donors (Lipinski definition) is 1. The van der Waals surface area contributed by atoms with E-state index in [2.05, 4.69) is 25.6 Å². The lowest BCUT2D eigenvalue weighted by atomic mass is 9.87. The Morgan fingerprint density at radius 2 is 1.61 bits per heavy atom. The number of rotatable bonds is 15. The molecule has 0 heterocycles. The van der Waals surface area contributed by atoms with Crippen molar-refractivity contribution in [2.45, 2.75) is 58.5 Å². The molecule has 2 aromatic carbocycles. The summed E-state index contributed by atoms with van der Waals surface area (Å²) in [6.45, 7) is 9.76. The molecule has 2 aromatic rings. The van der Waals surface area contributed by atoms with Crippen LogP contribution in [0.5, 0.6) is 5.75 Å². The SMILES string of the molecule is C=C[C@@H](C)[C@@H](O)[C@H](C)[C@H](CCCCOCc1ccccc1)OCc1ccc(OC)cc1. The molecule has 0 aromatic heterocycles. The van der Waals surface area contributed by atoms with Gasteiger partial charge in [-0.25, -0.2) is 0 Å². The van der Waals surface area contributed by atoms with Crippen LogP contribution in [-0.2, 0) is 22.7 Å². The molecule has 0 spiro atoms. The highest BCUT2D eigenvalue weighted by Gasteiger charge is 2.27. The molecule has 0 fully saturated rings. The highest BCUT2D eigenvalue weighted by Crippen LogP contribution is 2.24. The number of aliphatic hydroxyl groups is 1. The number of benzene rings is 2. The molecule has 0 amide bonds. The molecule has 0 bridgehead atoms. The van der Waals surface area contributed by atoms with Gasteiger partial charge < -0.3 is 19.3 Å². The first-order valence-corrected chi connectivity index (χ1v) is 11.2.